The van der Waals surface area contributed by atoms with Gasteiger partial charge in [-0.25, -0.2) is 4.98 Å². The van der Waals surface area contributed by atoms with Gasteiger partial charge >= 0.3 is 0 Å². The van der Waals surface area contributed by atoms with E-state index >= 15 is 0 Å². The van der Waals surface area contributed by atoms with E-state index in [2.05, 4.69) is 16.4 Å². The van der Waals surface area contributed by atoms with Gasteiger partial charge in [0.05, 0.1) is 13.2 Å². The summed E-state index contributed by atoms with van der Waals surface area (Å²) in [4.78, 5) is 4.28. The molecule has 1 saturated heterocycles. The maximum Gasteiger partial charge on any atom is 0.224 e. The van der Waals surface area contributed by atoms with E-state index < -0.39 is 5.79 Å². The first-order valence-electron chi connectivity index (χ1n) is 6.34. The third-order valence-corrected chi connectivity index (χ3v) is 3.48. The maximum absolute atomic E-state index is 5.94. The molecule has 1 N–H and O–H groups in total. The van der Waals surface area contributed by atoms with Crippen LogP contribution in [0.3, 0.4) is 0 Å². The van der Waals surface area contributed by atoms with Crippen LogP contribution in [-0.4, -0.2) is 25.2 Å². The second kappa shape index (κ2) is 5.40. The SMILES string of the molecule is CNc1[c]cc(C2(c3ccc(Cl)cc3)OCCO2)cn1. The Kier molecular flexibility index (Phi) is 3.61. The highest BCUT2D eigenvalue weighted by Gasteiger charge is 2.40. The minimum Gasteiger partial charge on any atom is -0.373 e. The number of anilines is 1. The van der Waals surface area contributed by atoms with Crippen LogP contribution in [0, 0.1) is 6.07 Å². The van der Waals surface area contributed by atoms with Gasteiger partial charge in [-0.1, -0.05) is 23.7 Å². The molecule has 20 heavy (non-hydrogen) atoms. The molecule has 1 aliphatic rings. The van der Waals surface area contributed by atoms with Crippen molar-refractivity contribution < 1.29 is 9.47 Å². The van der Waals surface area contributed by atoms with Crippen LogP contribution in [0.4, 0.5) is 5.82 Å². The number of hydrogen-bond donors (Lipinski definition) is 1. The number of nitrogens with one attached hydrogen (secondary N) is 1. The summed E-state index contributed by atoms with van der Waals surface area (Å²) in [5.41, 5.74) is 1.71. The number of benzene rings is 1. The normalized spacial score (nSPS) is 17.1. The van der Waals surface area contributed by atoms with Crippen LogP contribution in [0.5, 0.6) is 0 Å². The number of nitrogens with zero attached hydrogens (tertiary/aromatic N) is 1. The highest BCUT2D eigenvalue weighted by molar-refractivity contribution is 6.30. The van der Waals surface area contributed by atoms with E-state index in [1.54, 1.807) is 13.2 Å². The predicted molar refractivity (Wildman–Crippen MR) is 76.8 cm³/mol. The molecule has 0 saturated carbocycles. The number of rotatable bonds is 3. The lowest BCUT2D eigenvalue weighted by atomic mass is 9.99. The topological polar surface area (TPSA) is 43.4 Å². The first-order valence-corrected chi connectivity index (χ1v) is 6.72. The van der Waals surface area contributed by atoms with Crippen LogP contribution < -0.4 is 5.32 Å². The largest absolute Gasteiger partial charge is 0.373 e. The Morgan fingerprint density at radius 3 is 2.45 bits per heavy atom. The van der Waals surface area contributed by atoms with Crippen LogP contribution in [0.1, 0.15) is 11.1 Å². The first-order chi connectivity index (χ1) is 9.74. The molecule has 0 bridgehead atoms. The van der Waals surface area contributed by atoms with Crippen LogP contribution in [0.25, 0.3) is 0 Å². The first kappa shape index (κ1) is 13.4. The Morgan fingerprint density at radius 1 is 1.20 bits per heavy atom. The van der Waals surface area contributed by atoms with E-state index in [4.69, 9.17) is 21.1 Å². The lowest BCUT2D eigenvalue weighted by Gasteiger charge is -2.28. The van der Waals surface area contributed by atoms with Crippen molar-refractivity contribution in [2.24, 2.45) is 0 Å². The van der Waals surface area contributed by atoms with Crippen LogP contribution in [-0.2, 0) is 15.3 Å². The van der Waals surface area contributed by atoms with Crippen molar-refractivity contribution in [3.05, 3.63) is 58.7 Å². The molecule has 0 unspecified atom stereocenters. The third-order valence-electron chi connectivity index (χ3n) is 3.23. The van der Waals surface area contributed by atoms with E-state index in [1.165, 1.54) is 0 Å². The fourth-order valence-electron chi connectivity index (χ4n) is 2.25. The summed E-state index contributed by atoms with van der Waals surface area (Å²) in [5, 5.41) is 3.62. The second-order valence-corrected chi connectivity index (χ2v) is 4.86. The Balaban J connectivity index is 2.04. The molecule has 0 atom stereocenters. The summed E-state index contributed by atoms with van der Waals surface area (Å²) in [6, 6.07) is 12.3. The van der Waals surface area contributed by atoms with Gasteiger partial charge in [0, 0.05) is 35.5 Å². The molecule has 1 radical (unpaired) electrons. The van der Waals surface area contributed by atoms with Gasteiger partial charge in [0.1, 0.15) is 5.82 Å². The molecular formula is C15H14ClN2O2. The van der Waals surface area contributed by atoms with Crippen molar-refractivity contribution in [3.8, 4) is 0 Å². The average molecular weight is 290 g/mol. The summed E-state index contributed by atoms with van der Waals surface area (Å²) in [6.45, 7) is 1.08. The Labute approximate surface area is 122 Å². The summed E-state index contributed by atoms with van der Waals surface area (Å²) in [7, 11) is 1.80. The molecule has 4 nitrogen and oxygen atoms in total. The highest BCUT2D eigenvalue weighted by atomic mass is 35.5. The molecule has 1 aromatic carbocycles. The molecule has 1 fully saturated rings. The number of halogens is 1. The van der Waals surface area contributed by atoms with Crippen LogP contribution in [0.15, 0.2) is 36.5 Å². The van der Waals surface area contributed by atoms with Crippen molar-refractivity contribution in [3.63, 3.8) is 0 Å². The zero-order valence-electron chi connectivity index (χ0n) is 11.0. The molecule has 103 valence electrons. The third kappa shape index (κ3) is 2.26. The molecule has 0 spiro atoms. The molecule has 3 rings (SSSR count). The molecular weight excluding hydrogens is 276 g/mol. The van der Waals surface area contributed by atoms with Gasteiger partial charge in [-0.15, -0.1) is 0 Å². The summed E-state index contributed by atoms with van der Waals surface area (Å²) in [6.07, 6.45) is 1.74. The quantitative estimate of drug-likeness (QED) is 0.943. The molecule has 0 amide bonds. The van der Waals surface area contributed by atoms with E-state index in [9.17, 15) is 0 Å². The zero-order chi connectivity index (χ0) is 14.0. The molecule has 2 aromatic rings. The fraction of sp³-hybridized carbons (Fsp3) is 0.267. The second-order valence-electron chi connectivity index (χ2n) is 4.42. The average Bonchev–Trinajstić information content (AvgIpc) is 2.99. The predicted octanol–water partition coefficient (Wildman–Crippen LogP) is 2.82. The van der Waals surface area contributed by atoms with Crippen molar-refractivity contribution in [1.82, 2.24) is 4.98 Å². The maximum atomic E-state index is 5.94. The van der Waals surface area contributed by atoms with Gasteiger partial charge < -0.3 is 14.8 Å². The van der Waals surface area contributed by atoms with Crippen molar-refractivity contribution in [2.45, 2.75) is 5.79 Å². The molecule has 1 aromatic heterocycles. The van der Waals surface area contributed by atoms with E-state index in [1.807, 2.05) is 30.3 Å². The summed E-state index contributed by atoms with van der Waals surface area (Å²) < 4.78 is 11.8. The summed E-state index contributed by atoms with van der Waals surface area (Å²) >= 11 is 5.94. The van der Waals surface area contributed by atoms with Gasteiger partial charge in [0.15, 0.2) is 0 Å². The minimum atomic E-state index is -0.916. The van der Waals surface area contributed by atoms with Crippen molar-refractivity contribution in [2.75, 3.05) is 25.6 Å². The van der Waals surface area contributed by atoms with Crippen molar-refractivity contribution in [1.29, 1.82) is 0 Å². The van der Waals surface area contributed by atoms with Crippen molar-refractivity contribution >= 4 is 17.4 Å². The monoisotopic (exact) mass is 289 g/mol. The zero-order valence-corrected chi connectivity index (χ0v) is 11.8. The molecule has 0 aliphatic carbocycles. The van der Waals surface area contributed by atoms with Gasteiger partial charge in [-0.3, -0.25) is 0 Å². The lowest BCUT2D eigenvalue weighted by Crippen LogP contribution is -2.28. The van der Waals surface area contributed by atoms with E-state index in [0.717, 1.165) is 11.1 Å². The number of hydrogen-bond acceptors (Lipinski definition) is 4. The number of aromatic nitrogens is 1. The number of ether oxygens (including phenoxy) is 2. The standard InChI is InChI=1S/C15H14ClN2O2/c1-17-14-7-4-12(10-18-14)15(19-8-9-20-15)11-2-5-13(16)6-3-11/h2-6,10H,8-9H2,1H3,(H,17,18). The Bertz CT molecular complexity index is 578. The van der Waals surface area contributed by atoms with Gasteiger partial charge in [-0.05, 0) is 18.2 Å². The summed E-state index contributed by atoms with van der Waals surface area (Å²) in [5.74, 6) is -0.238. The van der Waals surface area contributed by atoms with Gasteiger partial charge in [-0.2, -0.15) is 0 Å². The van der Waals surface area contributed by atoms with E-state index in [0.29, 0.717) is 24.1 Å². The molecule has 2 heterocycles. The fourth-order valence-corrected chi connectivity index (χ4v) is 2.38. The van der Waals surface area contributed by atoms with Crippen LogP contribution >= 0.6 is 11.6 Å². The smallest absolute Gasteiger partial charge is 0.224 e. The van der Waals surface area contributed by atoms with E-state index in [-0.39, 0.29) is 0 Å². The lowest BCUT2D eigenvalue weighted by molar-refractivity contribution is -0.130. The van der Waals surface area contributed by atoms with Crippen LogP contribution in [0.2, 0.25) is 5.02 Å². The van der Waals surface area contributed by atoms with Gasteiger partial charge in [0.25, 0.3) is 0 Å². The Morgan fingerprint density at radius 2 is 1.90 bits per heavy atom. The van der Waals surface area contributed by atoms with Gasteiger partial charge in [0.2, 0.25) is 5.79 Å². The molecule has 1 aliphatic heterocycles. The minimum absolute atomic E-state index is 0.538. The highest BCUT2D eigenvalue weighted by Crippen LogP contribution is 2.38. The Hall–Kier alpha value is -1.62. The number of pyridine rings is 1. The molecule has 5 heteroatoms.